The SMILES string of the molecule is CCn1cnc2sc(C(=O)OCCOC)c(C)c2c1=O. The summed E-state index contributed by atoms with van der Waals surface area (Å²) in [5.41, 5.74) is 0.509. The first-order chi connectivity index (χ1) is 9.60. The molecule has 0 aromatic carbocycles. The largest absolute Gasteiger partial charge is 0.459 e. The van der Waals surface area contributed by atoms with E-state index in [-0.39, 0.29) is 12.2 Å². The van der Waals surface area contributed by atoms with Crippen LogP contribution in [-0.2, 0) is 16.0 Å². The van der Waals surface area contributed by atoms with E-state index in [4.69, 9.17) is 9.47 Å². The number of esters is 1. The number of carbonyl (C=O) groups excluding carboxylic acids is 1. The highest BCUT2D eigenvalue weighted by Crippen LogP contribution is 2.27. The molecule has 0 fully saturated rings. The molecule has 0 saturated carbocycles. The molecule has 0 atom stereocenters. The summed E-state index contributed by atoms with van der Waals surface area (Å²) in [6.07, 6.45) is 1.50. The van der Waals surface area contributed by atoms with Gasteiger partial charge in [-0.3, -0.25) is 9.36 Å². The van der Waals surface area contributed by atoms with Crippen molar-refractivity contribution in [1.82, 2.24) is 9.55 Å². The van der Waals surface area contributed by atoms with Gasteiger partial charge in [0.2, 0.25) is 0 Å². The van der Waals surface area contributed by atoms with Gasteiger partial charge in [-0.15, -0.1) is 11.3 Å². The average molecular weight is 296 g/mol. The molecular formula is C13H16N2O4S. The van der Waals surface area contributed by atoms with Crippen LogP contribution in [0, 0.1) is 6.92 Å². The molecule has 0 spiro atoms. The van der Waals surface area contributed by atoms with Crippen LogP contribution in [-0.4, -0.2) is 35.8 Å². The van der Waals surface area contributed by atoms with Crippen molar-refractivity contribution >= 4 is 27.5 Å². The number of hydrogen-bond acceptors (Lipinski definition) is 6. The molecule has 108 valence electrons. The van der Waals surface area contributed by atoms with Gasteiger partial charge in [0.1, 0.15) is 16.3 Å². The summed E-state index contributed by atoms with van der Waals surface area (Å²) in [6.45, 7) is 4.70. The highest BCUT2D eigenvalue weighted by Gasteiger charge is 2.20. The van der Waals surface area contributed by atoms with E-state index in [2.05, 4.69) is 4.98 Å². The smallest absolute Gasteiger partial charge is 0.348 e. The first-order valence-electron chi connectivity index (χ1n) is 6.24. The third-order valence-electron chi connectivity index (χ3n) is 2.96. The van der Waals surface area contributed by atoms with Crippen LogP contribution in [0.3, 0.4) is 0 Å². The van der Waals surface area contributed by atoms with Gasteiger partial charge in [-0.25, -0.2) is 9.78 Å². The molecule has 0 amide bonds. The van der Waals surface area contributed by atoms with E-state index in [9.17, 15) is 9.59 Å². The zero-order valence-electron chi connectivity index (χ0n) is 11.6. The maximum Gasteiger partial charge on any atom is 0.348 e. The van der Waals surface area contributed by atoms with E-state index >= 15 is 0 Å². The van der Waals surface area contributed by atoms with Gasteiger partial charge < -0.3 is 9.47 Å². The van der Waals surface area contributed by atoms with Gasteiger partial charge >= 0.3 is 5.97 Å². The van der Waals surface area contributed by atoms with Gasteiger partial charge in [-0.05, 0) is 19.4 Å². The van der Waals surface area contributed by atoms with E-state index in [0.717, 1.165) is 0 Å². The van der Waals surface area contributed by atoms with Crippen molar-refractivity contribution in [2.75, 3.05) is 20.3 Å². The van der Waals surface area contributed by atoms with E-state index in [1.165, 1.54) is 29.3 Å². The minimum absolute atomic E-state index is 0.123. The molecule has 2 heterocycles. The fourth-order valence-corrected chi connectivity index (χ4v) is 2.90. The number of fused-ring (bicyclic) bond motifs is 1. The third-order valence-corrected chi connectivity index (χ3v) is 4.14. The highest BCUT2D eigenvalue weighted by atomic mass is 32.1. The third kappa shape index (κ3) is 2.59. The lowest BCUT2D eigenvalue weighted by Gasteiger charge is -2.02. The number of rotatable bonds is 5. The van der Waals surface area contributed by atoms with Gasteiger partial charge in [0, 0.05) is 13.7 Å². The molecule has 0 aliphatic heterocycles. The molecule has 2 aromatic rings. The van der Waals surface area contributed by atoms with Crippen LogP contribution in [0.4, 0.5) is 0 Å². The molecule has 0 bridgehead atoms. The lowest BCUT2D eigenvalue weighted by atomic mass is 10.2. The Balaban J connectivity index is 2.41. The second kappa shape index (κ2) is 6.15. The van der Waals surface area contributed by atoms with Crippen LogP contribution in [0.1, 0.15) is 22.2 Å². The van der Waals surface area contributed by atoms with E-state index in [0.29, 0.717) is 33.8 Å². The molecular weight excluding hydrogens is 280 g/mol. The molecule has 0 radical (unpaired) electrons. The highest BCUT2D eigenvalue weighted by molar-refractivity contribution is 7.20. The van der Waals surface area contributed by atoms with Crippen LogP contribution >= 0.6 is 11.3 Å². The summed E-state index contributed by atoms with van der Waals surface area (Å²) in [6, 6.07) is 0. The van der Waals surface area contributed by atoms with Crippen molar-refractivity contribution in [3.05, 3.63) is 27.1 Å². The fourth-order valence-electron chi connectivity index (χ4n) is 1.86. The predicted octanol–water partition coefficient (Wildman–Crippen LogP) is 1.59. The van der Waals surface area contributed by atoms with Crippen molar-refractivity contribution in [2.45, 2.75) is 20.4 Å². The standard InChI is InChI=1S/C13H16N2O4S/c1-4-15-7-14-11-9(12(15)16)8(2)10(20-11)13(17)19-6-5-18-3/h7H,4-6H2,1-3H3. The quantitative estimate of drug-likeness (QED) is 0.619. The summed E-state index contributed by atoms with van der Waals surface area (Å²) in [7, 11) is 1.54. The molecule has 0 aliphatic carbocycles. The van der Waals surface area contributed by atoms with Gasteiger partial charge in [-0.2, -0.15) is 0 Å². The molecule has 0 N–H and O–H groups in total. The van der Waals surface area contributed by atoms with Crippen molar-refractivity contribution in [2.24, 2.45) is 0 Å². The number of ether oxygens (including phenoxy) is 2. The molecule has 2 rings (SSSR count). The first-order valence-corrected chi connectivity index (χ1v) is 7.06. The number of methoxy groups -OCH3 is 1. The summed E-state index contributed by atoms with van der Waals surface area (Å²) in [5.74, 6) is -0.440. The number of carbonyl (C=O) groups is 1. The minimum atomic E-state index is -0.440. The number of nitrogens with zero attached hydrogens (tertiary/aromatic N) is 2. The topological polar surface area (TPSA) is 70.4 Å². The Morgan fingerprint density at radius 3 is 2.85 bits per heavy atom. The molecule has 0 unspecified atom stereocenters. The van der Waals surface area contributed by atoms with Crippen LogP contribution in [0.5, 0.6) is 0 Å². The number of hydrogen-bond donors (Lipinski definition) is 0. The van der Waals surface area contributed by atoms with Crippen LogP contribution in [0.2, 0.25) is 0 Å². The molecule has 0 saturated heterocycles. The Hall–Kier alpha value is -1.73. The van der Waals surface area contributed by atoms with Crippen LogP contribution in [0.15, 0.2) is 11.1 Å². The molecule has 0 aliphatic rings. The van der Waals surface area contributed by atoms with Crippen molar-refractivity contribution in [3.63, 3.8) is 0 Å². The van der Waals surface area contributed by atoms with Gasteiger partial charge in [0.05, 0.1) is 18.3 Å². The Labute approximate surface area is 120 Å². The van der Waals surface area contributed by atoms with E-state index in [1.54, 1.807) is 6.92 Å². The minimum Gasteiger partial charge on any atom is -0.459 e. The molecule has 7 heteroatoms. The second-order valence-corrected chi connectivity index (χ2v) is 5.20. The Morgan fingerprint density at radius 1 is 1.45 bits per heavy atom. The predicted molar refractivity (Wildman–Crippen MR) is 76.4 cm³/mol. The van der Waals surface area contributed by atoms with Crippen molar-refractivity contribution < 1.29 is 14.3 Å². The summed E-state index contributed by atoms with van der Waals surface area (Å²) in [4.78, 5) is 29.4. The lowest BCUT2D eigenvalue weighted by Crippen LogP contribution is -2.19. The van der Waals surface area contributed by atoms with Crippen molar-refractivity contribution in [3.8, 4) is 0 Å². The van der Waals surface area contributed by atoms with E-state index < -0.39 is 5.97 Å². The van der Waals surface area contributed by atoms with Crippen LogP contribution in [0.25, 0.3) is 10.2 Å². The average Bonchev–Trinajstić information content (AvgIpc) is 2.77. The number of thiophene rings is 1. The van der Waals surface area contributed by atoms with E-state index in [1.807, 2.05) is 6.92 Å². The summed E-state index contributed by atoms with van der Waals surface area (Å²) >= 11 is 1.18. The first kappa shape index (κ1) is 14.7. The molecule has 20 heavy (non-hydrogen) atoms. The number of aryl methyl sites for hydroxylation is 2. The zero-order chi connectivity index (χ0) is 14.7. The Morgan fingerprint density at radius 2 is 2.20 bits per heavy atom. The second-order valence-electron chi connectivity index (χ2n) is 4.20. The fraction of sp³-hybridized carbons (Fsp3) is 0.462. The zero-order valence-corrected chi connectivity index (χ0v) is 12.5. The van der Waals surface area contributed by atoms with Crippen LogP contribution < -0.4 is 5.56 Å². The van der Waals surface area contributed by atoms with Crippen molar-refractivity contribution in [1.29, 1.82) is 0 Å². The Kier molecular flexibility index (Phi) is 4.51. The van der Waals surface area contributed by atoms with Gasteiger partial charge in [-0.1, -0.05) is 0 Å². The monoisotopic (exact) mass is 296 g/mol. The van der Waals surface area contributed by atoms with Gasteiger partial charge in [0.25, 0.3) is 5.56 Å². The molecule has 2 aromatic heterocycles. The number of aromatic nitrogens is 2. The summed E-state index contributed by atoms with van der Waals surface area (Å²) < 4.78 is 11.4. The van der Waals surface area contributed by atoms with Gasteiger partial charge in [0.15, 0.2) is 0 Å². The Bertz CT molecular complexity index is 689. The maximum atomic E-state index is 12.2. The normalized spacial score (nSPS) is 10.9. The summed E-state index contributed by atoms with van der Waals surface area (Å²) in [5, 5.41) is 0.498. The maximum absolute atomic E-state index is 12.2. The lowest BCUT2D eigenvalue weighted by molar-refractivity contribution is 0.0393. The molecule has 6 nitrogen and oxygen atoms in total.